The molecule has 0 aromatic rings. The average Bonchev–Trinajstić information content (AvgIpc) is 2.67. The quantitative estimate of drug-likeness (QED) is 0.726. The summed E-state index contributed by atoms with van der Waals surface area (Å²) < 4.78 is 29.4. The van der Waals surface area contributed by atoms with Gasteiger partial charge >= 0.3 is 0 Å². The maximum Gasteiger partial charge on any atom is 0.251 e. The first-order valence-corrected chi connectivity index (χ1v) is 5.70. The van der Waals surface area contributed by atoms with Gasteiger partial charge < -0.3 is 4.74 Å². The van der Waals surface area contributed by atoms with Crippen molar-refractivity contribution in [1.82, 2.24) is 4.90 Å². The van der Waals surface area contributed by atoms with Gasteiger partial charge in [0.25, 0.3) is 6.43 Å². The van der Waals surface area contributed by atoms with E-state index in [1.165, 1.54) is 0 Å². The normalized spacial score (nSPS) is 23.8. The minimum Gasteiger partial charge on any atom is -0.380 e. The number of likely N-dealkylation sites (tertiary alicyclic amines) is 1. The Hall–Kier alpha value is -0.220. The van der Waals surface area contributed by atoms with E-state index >= 15 is 0 Å². The third-order valence-corrected chi connectivity index (χ3v) is 2.70. The second-order valence-electron chi connectivity index (χ2n) is 3.54. The molecule has 1 aliphatic heterocycles. The molecular formula is C11H23F2NO. The summed E-state index contributed by atoms with van der Waals surface area (Å²) in [6.45, 7) is 6.61. The van der Waals surface area contributed by atoms with Gasteiger partial charge in [-0.1, -0.05) is 13.8 Å². The lowest BCUT2D eigenvalue weighted by atomic mass is 10.1. The average molecular weight is 223 g/mol. The number of hydrogen-bond acceptors (Lipinski definition) is 2. The van der Waals surface area contributed by atoms with Crippen LogP contribution >= 0.6 is 0 Å². The molecular weight excluding hydrogens is 200 g/mol. The largest absolute Gasteiger partial charge is 0.380 e. The molecule has 0 bridgehead atoms. The molecule has 0 aromatic carbocycles. The molecule has 1 aliphatic rings. The summed E-state index contributed by atoms with van der Waals surface area (Å²) in [5.41, 5.74) is 0. The van der Waals surface area contributed by atoms with Crippen LogP contribution in [0.1, 0.15) is 33.6 Å². The Bertz CT molecular complexity index is 156. The minimum atomic E-state index is -2.23. The predicted molar refractivity (Wildman–Crippen MR) is 58.4 cm³/mol. The van der Waals surface area contributed by atoms with Crippen molar-refractivity contribution in [3.05, 3.63) is 0 Å². The monoisotopic (exact) mass is 223 g/mol. The van der Waals surface area contributed by atoms with Crippen molar-refractivity contribution < 1.29 is 13.5 Å². The first-order chi connectivity index (χ1) is 7.15. The fraction of sp³-hybridized carbons (Fsp3) is 1.00. The van der Waals surface area contributed by atoms with Gasteiger partial charge in [0.1, 0.15) is 0 Å². The van der Waals surface area contributed by atoms with Crippen LogP contribution in [0.2, 0.25) is 0 Å². The number of halogens is 2. The highest BCUT2D eigenvalue weighted by Gasteiger charge is 2.30. The Morgan fingerprint density at radius 3 is 2.47 bits per heavy atom. The SMILES string of the molecule is CC.COC(C)C1CCCN1CC(F)F. The summed E-state index contributed by atoms with van der Waals surface area (Å²) in [5, 5.41) is 0. The zero-order valence-corrected chi connectivity index (χ0v) is 10.2. The van der Waals surface area contributed by atoms with E-state index in [0.717, 1.165) is 19.4 Å². The van der Waals surface area contributed by atoms with Gasteiger partial charge in [0.15, 0.2) is 0 Å². The highest BCUT2D eigenvalue weighted by Crippen LogP contribution is 2.22. The van der Waals surface area contributed by atoms with Gasteiger partial charge in [0.05, 0.1) is 12.6 Å². The third kappa shape index (κ3) is 4.89. The lowest BCUT2D eigenvalue weighted by molar-refractivity contribution is 0.0164. The van der Waals surface area contributed by atoms with Gasteiger partial charge in [0, 0.05) is 13.2 Å². The van der Waals surface area contributed by atoms with Crippen LogP contribution in [-0.4, -0.2) is 43.7 Å². The number of rotatable bonds is 4. The van der Waals surface area contributed by atoms with Crippen molar-refractivity contribution in [1.29, 1.82) is 0 Å². The van der Waals surface area contributed by atoms with E-state index in [0.29, 0.717) is 0 Å². The molecule has 1 fully saturated rings. The fourth-order valence-corrected chi connectivity index (χ4v) is 1.94. The highest BCUT2D eigenvalue weighted by molar-refractivity contribution is 4.83. The number of nitrogens with zero attached hydrogens (tertiary/aromatic N) is 1. The van der Waals surface area contributed by atoms with E-state index in [9.17, 15) is 8.78 Å². The van der Waals surface area contributed by atoms with Crippen molar-refractivity contribution in [2.75, 3.05) is 20.2 Å². The van der Waals surface area contributed by atoms with Gasteiger partial charge in [0.2, 0.25) is 0 Å². The van der Waals surface area contributed by atoms with Crippen LogP contribution in [0, 0.1) is 0 Å². The van der Waals surface area contributed by atoms with Gasteiger partial charge in [-0.2, -0.15) is 0 Å². The Kier molecular flexibility index (Phi) is 7.88. The maximum atomic E-state index is 12.1. The molecule has 92 valence electrons. The van der Waals surface area contributed by atoms with E-state index in [2.05, 4.69) is 0 Å². The van der Waals surface area contributed by atoms with Crippen LogP contribution in [0.4, 0.5) is 8.78 Å². The van der Waals surface area contributed by atoms with Crippen LogP contribution in [0.3, 0.4) is 0 Å². The minimum absolute atomic E-state index is 0.0567. The molecule has 1 heterocycles. The first-order valence-electron chi connectivity index (χ1n) is 5.70. The van der Waals surface area contributed by atoms with Crippen LogP contribution in [-0.2, 0) is 4.74 Å². The number of hydrogen-bond donors (Lipinski definition) is 0. The summed E-state index contributed by atoms with van der Waals surface area (Å²) in [6.07, 6.45) is -0.196. The van der Waals surface area contributed by atoms with Gasteiger partial charge in [-0.25, -0.2) is 8.78 Å². The van der Waals surface area contributed by atoms with Crippen LogP contribution in [0.5, 0.6) is 0 Å². The topological polar surface area (TPSA) is 12.5 Å². The van der Waals surface area contributed by atoms with Gasteiger partial charge in [-0.05, 0) is 26.3 Å². The van der Waals surface area contributed by atoms with Crippen LogP contribution < -0.4 is 0 Å². The van der Waals surface area contributed by atoms with Crippen molar-refractivity contribution in [2.45, 2.75) is 52.2 Å². The van der Waals surface area contributed by atoms with Gasteiger partial charge in [-0.15, -0.1) is 0 Å². The van der Waals surface area contributed by atoms with Crippen LogP contribution in [0.25, 0.3) is 0 Å². The summed E-state index contributed by atoms with van der Waals surface area (Å²) in [4.78, 5) is 1.83. The van der Waals surface area contributed by atoms with Crippen molar-refractivity contribution in [3.8, 4) is 0 Å². The van der Waals surface area contributed by atoms with E-state index in [-0.39, 0.29) is 18.7 Å². The standard InChI is InChI=1S/C9H17F2NO.C2H6/c1-7(13-2)8-4-3-5-12(8)6-9(10)11;1-2/h7-9H,3-6H2,1-2H3;1-2H3. The third-order valence-electron chi connectivity index (χ3n) is 2.70. The second kappa shape index (κ2) is 7.99. The van der Waals surface area contributed by atoms with E-state index in [1.54, 1.807) is 7.11 Å². The summed E-state index contributed by atoms with van der Waals surface area (Å²) in [5.74, 6) is 0. The van der Waals surface area contributed by atoms with Crippen molar-refractivity contribution in [2.24, 2.45) is 0 Å². The molecule has 2 atom stereocenters. The molecule has 1 saturated heterocycles. The molecule has 2 nitrogen and oxygen atoms in total. The lowest BCUT2D eigenvalue weighted by Crippen LogP contribution is -2.40. The van der Waals surface area contributed by atoms with Crippen molar-refractivity contribution >= 4 is 0 Å². The molecule has 0 saturated carbocycles. The van der Waals surface area contributed by atoms with Crippen molar-refractivity contribution in [3.63, 3.8) is 0 Å². The molecule has 0 amide bonds. The first kappa shape index (κ1) is 14.8. The smallest absolute Gasteiger partial charge is 0.251 e. The molecule has 4 heteroatoms. The lowest BCUT2D eigenvalue weighted by Gasteiger charge is -2.28. The van der Waals surface area contributed by atoms with E-state index < -0.39 is 6.43 Å². The molecule has 0 N–H and O–H groups in total. The zero-order valence-electron chi connectivity index (χ0n) is 10.2. The number of alkyl halides is 2. The molecule has 0 radical (unpaired) electrons. The number of ether oxygens (including phenoxy) is 1. The summed E-state index contributed by atoms with van der Waals surface area (Å²) >= 11 is 0. The van der Waals surface area contributed by atoms with E-state index in [4.69, 9.17) is 4.74 Å². The highest BCUT2D eigenvalue weighted by atomic mass is 19.3. The Morgan fingerprint density at radius 2 is 2.00 bits per heavy atom. The van der Waals surface area contributed by atoms with Gasteiger partial charge in [-0.3, -0.25) is 4.90 Å². The molecule has 0 spiro atoms. The molecule has 0 aromatic heterocycles. The predicted octanol–water partition coefficient (Wildman–Crippen LogP) is 2.78. The van der Waals surface area contributed by atoms with Crippen LogP contribution in [0.15, 0.2) is 0 Å². The van der Waals surface area contributed by atoms with E-state index in [1.807, 2.05) is 25.7 Å². The molecule has 2 unspecified atom stereocenters. The molecule has 1 rings (SSSR count). The Labute approximate surface area is 91.6 Å². The fourth-order valence-electron chi connectivity index (χ4n) is 1.94. The Balaban J connectivity index is 0.000000921. The summed E-state index contributed by atoms with van der Waals surface area (Å²) in [7, 11) is 1.63. The second-order valence-corrected chi connectivity index (χ2v) is 3.54. The molecule has 0 aliphatic carbocycles. The maximum absolute atomic E-state index is 12.1. The number of methoxy groups -OCH3 is 1. The Morgan fingerprint density at radius 1 is 1.40 bits per heavy atom. The zero-order chi connectivity index (χ0) is 11.8. The molecule has 15 heavy (non-hydrogen) atoms. The summed E-state index contributed by atoms with van der Waals surface area (Å²) in [6, 6.07) is 0.180.